The van der Waals surface area contributed by atoms with E-state index in [1.54, 1.807) is 11.7 Å². The second kappa shape index (κ2) is 11.1. The number of aromatic nitrogens is 1. The Kier molecular flexibility index (Phi) is 7.98. The van der Waals surface area contributed by atoms with Crippen molar-refractivity contribution < 1.29 is 9.53 Å². The first-order valence-corrected chi connectivity index (χ1v) is 10.4. The molecular formula is C23H25N3O2S. The van der Waals surface area contributed by atoms with Crippen LogP contribution in [0.1, 0.15) is 28.8 Å². The molecule has 0 fully saturated rings. The number of rotatable bonds is 9. The van der Waals surface area contributed by atoms with Gasteiger partial charge in [-0.05, 0) is 36.5 Å². The van der Waals surface area contributed by atoms with Crippen LogP contribution in [0.25, 0.3) is 6.08 Å². The fourth-order valence-corrected chi connectivity index (χ4v) is 3.40. The number of benzene rings is 2. The molecule has 0 aliphatic carbocycles. The van der Waals surface area contributed by atoms with Crippen molar-refractivity contribution >= 4 is 23.5 Å². The minimum absolute atomic E-state index is 0.00610. The molecule has 3 N–H and O–H groups in total. The first kappa shape index (κ1) is 20.8. The van der Waals surface area contributed by atoms with Gasteiger partial charge in [-0.1, -0.05) is 60.7 Å². The maximum Gasteiger partial charge on any atom is 0.411 e. The van der Waals surface area contributed by atoms with Gasteiger partial charge in [0.1, 0.15) is 6.61 Å². The Morgan fingerprint density at radius 2 is 1.86 bits per heavy atom. The normalized spacial score (nSPS) is 12.4. The molecule has 6 heteroatoms. The summed E-state index contributed by atoms with van der Waals surface area (Å²) in [6.07, 6.45) is 5.39. The van der Waals surface area contributed by atoms with Gasteiger partial charge in [0.25, 0.3) is 0 Å². The lowest BCUT2D eigenvalue weighted by Gasteiger charge is -2.15. The van der Waals surface area contributed by atoms with Gasteiger partial charge in [-0.15, -0.1) is 11.3 Å². The second-order valence-electron chi connectivity index (χ2n) is 6.74. The third-order valence-electron chi connectivity index (χ3n) is 4.36. The number of hydrogen-bond donors (Lipinski definition) is 2. The highest BCUT2D eigenvalue weighted by Gasteiger charge is 2.10. The summed E-state index contributed by atoms with van der Waals surface area (Å²) in [5.74, 6) is 0. The lowest BCUT2D eigenvalue weighted by Crippen LogP contribution is -2.27. The quantitative estimate of drug-likeness (QED) is 0.536. The van der Waals surface area contributed by atoms with Crippen LogP contribution in [0.5, 0.6) is 0 Å². The Labute approximate surface area is 175 Å². The highest BCUT2D eigenvalue weighted by molar-refractivity contribution is 7.09. The SMILES string of the molecule is N[C@@H](CC/C(=C/c1ccccc1)NC(=O)OCc1cncs1)Cc1ccccc1. The number of nitrogens with one attached hydrogen (secondary N) is 1. The first-order chi connectivity index (χ1) is 14.2. The van der Waals surface area contributed by atoms with Crippen molar-refractivity contribution in [1.29, 1.82) is 0 Å². The Bertz CT molecular complexity index is 896. The van der Waals surface area contributed by atoms with Crippen LogP contribution in [0.2, 0.25) is 0 Å². The smallest absolute Gasteiger partial charge is 0.411 e. The number of nitrogens with two attached hydrogens (primary N) is 1. The summed E-state index contributed by atoms with van der Waals surface area (Å²) < 4.78 is 5.31. The Morgan fingerprint density at radius 3 is 2.55 bits per heavy atom. The van der Waals surface area contributed by atoms with Crippen molar-refractivity contribution in [3.63, 3.8) is 0 Å². The number of nitrogens with zero attached hydrogens (tertiary/aromatic N) is 1. The summed E-state index contributed by atoms with van der Waals surface area (Å²) in [7, 11) is 0. The van der Waals surface area contributed by atoms with E-state index in [4.69, 9.17) is 10.5 Å². The van der Waals surface area contributed by atoms with Crippen LogP contribution in [0.3, 0.4) is 0 Å². The first-order valence-electron chi connectivity index (χ1n) is 9.55. The molecule has 1 amide bonds. The number of thiazole rings is 1. The molecule has 29 heavy (non-hydrogen) atoms. The zero-order valence-corrected chi connectivity index (χ0v) is 17.0. The van der Waals surface area contributed by atoms with Crippen LogP contribution < -0.4 is 11.1 Å². The van der Waals surface area contributed by atoms with Crippen molar-refractivity contribution in [2.24, 2.45) is 5.73 Å². The highest BCUT2D eigenvalue weighted by atomic mass is 32.1. The molecule has 1 atom stereocenters. The minimum atomic E-state index is -0.475. The predicted octanol–water partition coefficient (Wildman–Crippen LogP) is 4.76. The van der Waals surface area contributed by atoms with Gasteiger partial charge in [0.15, 0.2) is 0 Å². The van der Waals surface area contributed by atoms with Crippen molar-refractivity contribution in [1.82, 2.24) is 10.3 Å². The van der Waals surface area contributed by atoms with E-state index < -0.39 is 6.09 Å². The van der Waals surface area contributed by atoms with Gasteiger partial charge >= 0.3 is 6.09 Å². The molecule has 0 unspecified atom stereocenters. The monoisotopic (exact) mass is 407 g/mol. The molecule has 3 rings (SSSR count). The average molecular weight is 408 g/mol. The molecule has 0 bridgehead atoms. The van der Waals surface area contributed by atoms with Crippen LogP contribution in [0.15, 0.2) is 78.1 Å². The molecule has 2 aromatic carbocycles. The molecule has 0 saturated heterocycles. The van der Waals surface area contributed by atoms with E-state index in [9.17, 15) is 4.79 Å². The van der Waals surface area contributed by atoms with E-state index in [1.165, 1.54) is 16.9 Å². The van der Waals surface area contributed by atoms with E-state index in [1.807, 2.05) is 54.6 Å². The summed E-state index contributed by atoms with van der Waals surface area (Å²) in [5.41, 5.74) is 11.1. The van der Waals surface area contributed by atoms with Crippen LogP contribution in [-0.2, 0) is 17.8 Å². The van der Waals surface area contributed by atoms with Gasteiger partial charge in [-0.3, -0.25) is 10.3 Å². The van der Waals surface area contributed by atoms with Crippen molar-refractivity contribution in [2.45, 2.75) is 31.9 Å². The number of carbonyl (C=O) groups is 1. The summed E-state index contributed by atoms with van der Waals surface area (Å²) in [6, 6.07) is 20.1. The molecule has 0 aliphatic heterocycles. The number of carbonyl (C=O) groups excluding carboxylic acids is 1. The summed E-state index contributed by atoms with van der Waals surface area (Å²) in [6.45, 7) is 0.211. The highest BCUT2D eigenvalue weighted by Crippen LogP contribution is 2.14. The van der Waals surface area contributed by atoms with Gasteiger partial charge in [-0.25, -0.2) is 4.79 Å². The van der Waals surface area contributed by atoms with Crippen molar-refractivity contribution in [3.05, 3.63) is 94.1 Å². The Morgan fingerprint density at radius 1 is 1.14 bits per heavy atom. The van der Waals surface area contributed by atoms with E-state index in [0.717, 1.165) is 29.0 Å². The van der Waals surface area contributed by atoms with Gasteiger partial charge in [0, 0.05) is 17.9 Å². The zero-order chi connectivity index (χ0) is 20.3. The van der Waals surface area contributed by atoms with Crippen LogP contribution in [-0.4, -0.2) is 17.1 Å². The molecule has 5 nitrogen and oxygen atoms in total. The lowest BCUT2D eigenvalue weighted by molar-refractivity contribution is 0.143. The molecule has 0 aliphatic rings. The van der Waals surface area contributed by atoms with Gasteiger partial charge in [0.05, 0.1) is 10.4 Å². The van der Waals surface area contributed by atoms with Crippen LogP contribution in [0.4, 0.5) is 4.79 Å². The van der Waals surface area contributed by atoms with Gasteiger partial charge < -0.3 is 10.5 Å². The Hall–Kier alpha value is -2.96. The second-order valence-corrected chi connectivity index (χ2v) is 7.71. The third-order valence-corrected chi connectivity index (χ3v) is 5.11. The molecule has 3 aromatic rings. The summed E-state index contributed by atoms with van der Waals surface area (Å²) >= 11 is 1.45. The topological polar surface area (TPSA) is 77.2 Å². The fraction of sp³-hybridized carbons (Fsp3) is 0.217. The molecule has 150 valence electrons. The van der Waals surface area contributed by atoms with E-state index in [0.29, 0.717) is 6.42 Å². The van der Waals surface area contributed by atoms with Crippen LogP contribution in [0, 0.1) is 0 Å². The zero-order valence-electron chi connectivity index (χ0n) is 16.2. The van der Waals surface area contributed by atoms with E-state index in [-0.39, 0.29) is 12.6 Å². The van der Waals surface area contributed by atoms with E-state index in [2.05, 4.69) is 22.4 Å². The molecular weight excluding hydrogens is 382 g/mol. The standard InChI is InChI=1S/C23H25N3O2S/c24-20(13-18-7-3-1-4-8-18)11-12-21(14-19-9-5-2-6-10-19)26-23(27)28-16-22-15-25-17-29-22/h1-10,14-15,17,20H,11-13,16,24H2,(H,26,27)/b21-14-/t20-/m0/s1. The number of amides is 1. The van der Waals surface area contributed by atoms with E-state index >= 15 is 0 Å². The minimum Gasteiger partial charge on any atom is -0.444 e. The Balaban J connectivity index is 1.58. The van der Waals surface area contributed by atoms with Gasteiger partial charge in [-0.2, -0.15) is 0 Å². The lowest BCUT2D eigenvalue weighted by atomic mass is 10.0. The number of alkyl carbamates (subject to hydrolysis) is 1. The van der Waals surface area contributed by atoms with Gasteiger partial charge in [0.2, 0.25) is 0 Å². The predicted molar refractivity (Wildman–Crippen MR) is 117 cm³/mol. The molecule has 0 spiro atoms. The maximum atomic E-state index is 12.3. The number of hydrogen-bond acceptors (Lipinski definition) is 5. The summed E-state index contributed by atoms with van der Waals surface area (Å²) in [4.78, 5) is 17.1. The number of ether oxygens (including phenoxy) is 1. The molecule has 0 saturated carbocycles. The van der Waals surface area contributed by atoms with Crippen LogP contribution >= 0.6 is 11.3 Å². The summed E-state index contributed by atoms with van der Waals surface area (Å²) in [5, 5.41) is 2.88. The average Bonchev–Trinajstić information content (AvgIpc) is 3.26. The molecule has 1 aromatic heterocycles. The van der Waals surface area contributed by atoms with Crippen molar-refractivity contribution in [2.75, 3.05) is 0 Å². The van der Waals surface area contributed by atoms with Crippen molar-refractivity contribution in [3.8, 4) is 0 Å². The molecule has 1 heterocycles. The largest absolute Gasteiger partial charge is 0.444 e. The maximum absolute atomic E-state index is 12.3. The fourth-order valence-electron chi connectivity index (χ4n) is 2.90. The third kappa shape index (κ3) is 7.52. The molecule has 0 radical (unpaired) electrons. The number of allylic oxidation sites excluding steroid dienone is 1.